The Morgan fingerprint density at radius 3 is 2.71 bits per heavy atom. The van der Waals surface area contributed by atoms with Gasteiger partial charge in [-0.05, 0) is 25.9 Å². The van der Waals surface area contributed by atoms with Gasteiger partial charge in [0, 0.05) is 12.6 Å². The van der Waals surface area contributed by atoms with Crippen molar-refractivity contribution in [3.63, 3.8) is 0 Å². The Morgan fingerprint density at radius 2 is 2.18 bits per heavy atom. The highest BCUT2D eigenvalue weighted by molar-refractivity contribution is 7.89. The molecular weight excluding hydrogens is 240 g/mol. The molecule has 1 aliphatic heterocycles. The molecule has 0 amide bonds. The van der Waals surface area contributed by atoms with Crippen LogP contribution in [0.4, 0.5) is 0 Å². The van der Waals surface area contributed by atoms with E-state index in [4.69, 9.17) is 0 Å². The summed E-state index contributed by atoms with van der Waals surface area (Å²) in [6.45, 7) is 4.11. The van der Waals surface area contributed by atoms with E-state index in [-0.39, 0.29) is 11.1 Å². The average molecular weight is 258 g/mol. The van der Waals surface area contributed by atoms with Crippen molar-refractivity contribution in [2.24, 2.45) is 0 Å². The Hall–Kier alpha value is -0.920. The first-order valence-electron chi connectivity index (χ1n) is 5.87. The van der Waals surface area contributed by atoms with Gasteiger partial charge in [0.2, 0.25) is 0 Å². The molecule has 0 spiro atoms. The number of H-pyrrole nitrogens is 1. The Balaban J connectivity index is 2.23. The van der Waals surface area contributed by atoms with E-state index in [1.165, 1.54) is 12.5 Å². The van der Waals surface area contributed by atoms with Gasteiger partial charge in [-0.1, -0.05) is 6.92 Å². The van der Waals surface area contributed by atoms with Gasteiger partial charge in [-0.15, -0.1) is 0 Å². The second-order valence-corrected chi connectivity index (χ2v) is 5.96. The first-order valence-corrected chi connectivity index (χ1v) is 7.31. The van der Waals surface area contributed by atoms with Crippen LogP contribution in [0.3, 0.4) is 0 Å². The van der Waals surface area contributed by atoms with E-state index in [2.05, 4.69) is 15.3 Å². The maximum absolute atomic E-state index is 12.4. The molecule has 1 aliphatic rings. The predicted molar refractivity (Wildman–Crippen MR) is 64.0 cm³/mol. The minimum Gasteiger partial charge on any atom is -0.335 e. The highest BCUT2D eigenvalue weighted by atomic mass is 32.2. The molecule has 1 aromatic rings. The molecule has 2 rings (SSSR count). The molecule has 0 unspecified atom stereocenters. The van der Waals surface area contributed by atoms with Crippen molar-refractivity contribution >= 4 is 10.0 Å². The normalized spacial score (nSPS) is 18.7. The van der Waals surface area contributed by atoms with Gasteiger partial charge in [0.1, 0.15) is 0 Å². The fraction of sp³-hybridized carbons (Fsp3) is 0.700. The van der Waals surface area contributed by atoms with Crippen molar-refractivity contribution in [2.75, 3.05) is 19.6 Å². The van der Waals surface area contributed by atoms with Crippen molar-refractivity contribution in [1.82, 2.24) is 19.6 Å². The molecule has 1 aromatic heterocycles. The summed E-state index contributed by atoms with van der Waals surface area (Å²) in [4.78, 5) is 6.45. The number of sulfonamides is 1. The summed E-state index contributed by atoms with van der Waals surface area (Å²) >= 11 is 0. The summed E-state index contributed by atoms with van der Waals surface area (Å²) in [7, 11) is -3.42. The Bertz CT molecular complexity index is 437. The number of aromatic amines is 1. The molecule has 2 heterocycles. The average Bonchev–Trinajstić information content (AvgIpc) is 2.85. The molecule has 0 atom stereocenters. The highest BCUT2D eigenvalue weighted by Gasteiger charge is 2.31. The summed E-state index contributed by atoms with van der Waals surface area (Å²) in [5.74, 6) is 0. The summed E-state index contributed by atoms with van der Waals surface area (Å²) < 4.78 is 26.3. The number of rotatable bonds is 4. The lowest BCUT2D eigenvalue weighted by atomic mass is 10.1. The first kappa shape index (κ1) is 12.5. The minimum absolute atomic E-state index is 0.0922. The van der Waals surface area contributed by atoms with Crippen molar-refractivity contribution in [3.8, 4) is 0 Å². The zero-order chi connectivity index (χ0) is 12.3. The van der Waals surface area contributed by atoms with Crippen LogP contribution in [0.1, 0.15) is 19.8 Å². The van der Waals surface area contributed by atoms with Gasteiger partial charge in [-0.25, -0.2) is 13.4 Å². The summed E-state index contributed by atoms with van der Waals surface area (Å²) in [5, 5.41) is 3.42. The fourth-order valence-corrected chi connectivity index (χ4v) is 3.82. The minimum atomic E-state index is -3.42. The van der Waals surface area contributed by atoms with Crippen LogP contribution in [0.5, 0.6) is 0 Å². The molecule has 0 bridgehead atoms. The lowest BCUT2D eigenvalue weighted by Gasteiger charge is -2.32. The Morgan fingerprint density at radius 1 is 1.47 bits per heavy atom. The molecule has 17 heavy (non-hydrogen) atoms. The van der Waals surface area contributed by atoms with Crippen LogP contribution in [-0.4, -0.2) is 48.4 Å². The Kier molecular flexibility index (Phi) is 3.80. The van der Waals surface area contributed by atoms with Gasteiger partial charge >= 0.3 is 0 Å². The number of nitrogens with zero attached hydrogens (tertiary/aromatic N) is 2. The molecule has 0 aliphatic carbocycles. The molecule has 96 valence electrons. The highest BCUT2D eigenvalue weighted by Crippen LogP contribution is 2.20. The maximum Gasteiger partial charge on any atom is 0.260 e. The number of hydrogen-bond donors (Lipinski definition) is 2. The van der Waals surface area contributed by atoms with Crippen LogP contribution in [-0.2, 0) is 10.0 Å². The van der Waals surface area contributed by atoms with E-state index >= 15 is 0 Å². The quantitative estimate of drug-likeness (QED) is 0.807. The molecule has 0 saturated carbocycles. The van der Waals surface area contributed by atoms with Crippen LogP contribution in [0.25, 0.3) is 0 Å². The Labute approximate surface area is 101 Å². The SMILES string of the molecule is CCN(C1CCNCC1)S(=O)(=O)c1cnc[nH]1. The number of piperidine rings is 1. The van der Waals surface area contributed by atoms with Crippen LogP contribution in [0, 0.1) is 0 Å². The lowest BCUT2D eigenvalue weighted by Crippen LogP contribution is -2.46. The predicted octanol–water partition coefficient (Wildman–Crippen LogP) is 0.172. The number of aromatic nitrogens is 2. The third-order valence-electron chi connectivity index (χ3n) is 3.09. The van der Waals surface area contributed by atoms with Crippen molar-refractivity contribution in [3.05, 3.63) is 12.5 Å². The van der Waals surface area contributed by atoms with Gasteiger partial charge in [-0.3, -0.25) is 0 Å². The van der Waals surface area contributed by atoms with Crippen molar-refractivity contribution < 1.29 is 8.42 Å². The molecule has 1 saturated heterocycles. The molecule has 1 fully saturated rings. The smallest absolute Gasteiger partial charge is 0.260 e. The zero-order valence-electron chi connectivity index (χ0n) is 9.89. The first-order chi connectivity index (χ1) is 8.16. The van der Waals surface area contributed by atoms with E-state index in [1.807, 2.05) is 6.92 Å². The van der Waals surface area contributed by atoms with Gasteiger partial charge in [0.05, 0.1) is 12.5 Å². The van der Waals surface area contributed by atoms with E-state index in [1.54, 1.807) is 4.31 Å². The van der Waals surface area contributed by atoms with E-state index < -0.39 is 10.0 Å². The van der Waals surface area contributed by atoms with Crippen molar-refractivity contribution in [2.45, 2.75) is 30.8 Å². The van der Waals surface area contributed by atoms with Crippen molar-refractivity contribution in [1.29, 1.82) is 0 Å². The topological polar surface area (TPSA) is 78.1 Å². The molecule has 0 radical (unpaired) electrons. The van der Waals surface area contributed by atoms with Gasteiger partial charge in [-0.2, -0.15) is 4.31 Å². The van der Waals surface area contributed by atoms with Crippen LogP contribution < -0.4 is 5.32 Å². The second-order valence-electron chi connectivity index (χ2n) is 4.11. The molecule has 0 aromatic carbocycles. The molecule has 7 heteroatoms. The molecule has 6 nitrogen and oxygen atoms in total. The van der Waals surface area contributed by atoms with Crippen LogP contribution >= 0.6 is 0 Å². The second kappa shape index (κ2) is 5.16. The molecule has 2 N–H and O–H groups in total. The van der Waals surface area contributed by atoms with E-state index in [0.29, 0.717) is 6.54 Å². The summed E-state index contributed by atoms with van der Waals surface area (Å²) in [5.41, 5.74) is 0. The third kappa shape index (κ3) is 2.51. The fourth-order valence-electron chi connectivity index (χ4n) is 2.23. The van der Waals surface area contributed by atoms with Gasteiger partial charge in [0.25, 0.3) is 10.0 Å². The van der Waals surface area contributed by atoms with Crippen LogP contribution in [0.15, 0.2) is 17.6 Å². The zero-order valence-corrected chi connectivity index (χ0v) is 10.7. The number of hydrogen-bond acceptors (Lipinski definition) is 4. The van der Waals surface area contributed by atoms with Gasteiger partial charge < -0.3 is 10.3 Å². The van der Waals surface area contributed by atoms with E-state index in [9.17, 15) is 8.42 Å². The monoisotopic (exact) mass is 258 g/mol. The maximum atomic E-state index is 12.4. The molecular formula is C10H18N4O2S. The van der Waals surface area contributed by atoms with Crippen LogP contribution in [0.2, 0.25) is 0 Å². The third-order valence-corrected chi connectivity index (χ3v) is 5.04. The largest absolute Gasteiger partial charge is 0.335 e. The van der Waals surface area contributed by atoms with Gasteiger partial charge in [0.15, 0.2) is 5.03 Å². The van der Waals surface area contributed by atoms with E-state index in [0.717, 1.165) is 25.9 Å². The standard InChI is InChI=1S/C10H18N4O2S/c1-2-14(9-3-5-11-6-4-9)17(15,16)10-7-12-8-13-10/h7-9,11H,2-6H2,1H3,(H,12,13). The summed E-state index contributed by atoms with van der Waals surface area (Å²) in [6, 6.07) is 0.0922. The number of imidazole rings is 1. The number of nitrogens with one attached hydrogen (secondary N) is 2. The lowest BCUT2D eigenvalue weighted by molar-refractivity contribution is 0.270. The summed E-state index contributed by atoms with van der Waals surface area (Å²) in [6.07, 6.45) is 4.48.